The molecule has 5 nitrogen and oxygen atoms in total. The molecule has 0 saturated carbocycles. The Balaban J connectivity index is 1.69. The van der Waals surface area contributed by atoms with E-state index in [1.807, 2.05) is 66.9 Å². The molecule has 4 aromatic rings. The summed E-state index contributed by atoms with van der Waals surface area (Å²) in [6, 6.07) is 17.7. The molecule has 27 heavy (non-hydrogen) atoms. The molecule has 134 valence electrons. The van der Waals surface area contributed by atoms with Gasteiger partial charge < -0.3 is 9.88 Å². The highest BCUT2D eigenvalue weighted by Crippen LogP contribution is 2.24. The summed E-state index contributed by atoms with van der Waals surface area (Å²) < 4.78 is 1.93. The zero-order valence-corrected chi connectivity index (χ0v) is 15.3. The first-order valence-electron chi connectivity index (χ1n) is 8.84. The molecule has 1 N–H and O–H groups in total. The maximum absolute atomic E-state index is 12.8. The number of carbonyl (C=O) groups is 1. The van der Waals surface area contributed by atoms with Gasteiger partial charge in [-0.25, -0.2) is 4.98 Å². The number of benzene rings is 2. The van der Waals surface area contributed by atoms with Crippen molar-refractivity contribution >= 4 is 22.6 Å². The summed E-state index contributed by atoms with van der Waals surface area (Å²) in [5.74, 6) is 0.646. The van der Waals surface area contributed by atoms with Crippen LogP contribution < -0.4 is 5.32 Å². The van der Waals surface area contributed by atoms with Crippen LogP contribution in [0.25, 0.3) is 22.4 Å². The van der Waals surface area contributed by atoms with Gasteiger partial charge in [-0.3, -0.25) is 9.78 Å². The van der Waals surface area contributed by atoms with Crippen molar-refractivity contribution in [3.63, 3.8) is 0 Å². The molecule has 2 heterocycles. The third-order valence-corrected chi connectivity index (χ3v) is 4.38. The molecule has 2 aromatic heterocycles. The lowest BCUT2D eigenvalue weighted by Crippen LogP contribution is -2.19. The van der Waals surface area contributed by atoms with Crippen LogP contribution >= 0.6 is 0 Å². The molecule has 0 fully saturated rings. The number of aryl methyl sites for hydroxylation is 2. The number of nitrogens with zero attached hydrogens (tertiary/aromatic N) is 3. The van der Waals surface area contributed by atoms with Crippen molar-refractivity contribution < 1.29 is 4.79 Å². The standard InChI is InChI=1S/C22H20N4O/c1-15-10-16(2)12-18(11-15)24-21(27)14-26-20-8-4-3-7-19(20)25-22(26)17-6-5-9-23-13-17/h3-13H,14H2,1-2H3,(H,24,27). The Morgan fingerprint density at radius 2 is 1.81 bits per heavy atom. The zero-order chi connectivity index (χ0) is 18.8. The number of fused-ring (bicyclic) bond motifs is 1. The Bertz CT molecular complexity index is 1100. The van der Waals surface area contributed by atoms with Crippen LogP contribution in [-0.2, 0) is 11.3 Å². The average molecular weight is 356 g/mol. The number of imidazole rings is 1. The number of carbonyl (C=O) groups excluding carboxylic acids is 1. The second kappa shape index (κ2) is 7.03. The lowest BCUT2D eigenvalue weighted by atomic mass is 10.1. The van der Waals surface area contributed by atoms with Crippen molar-refractivity contribution in [2.75, 3.05) is 5.32 Å². The zero-order valence-electron chi connectivity index (χ0n) is 15.3. The van der Waals surface area contributed by atoms with Gasteiger partial charge in [-0.1, -0.05) is 18.2 Å². The van der Waals surface area contributed by atoms with E-state index >= 15 is 0 Å². The Hall–Kier alpha value is -3.47. The van der Waals surface area contributed by atoms with Gasteiger partial charge in [-0.05, 0) is 61.4 Å². The summed E-state index contributed by atoms with van der Waals surface area (Å²) >= 11 is 0. The Kier molecular flexibility index (Phi) is 4.42. The smallest absolute Gasteiger partial charge is 0.244 e. The fourth-order valence-electron chi connectivity index (χ4n) is 3.34. The van der Waals surface area contributed by atoms with Gasteiger partial charge in [0.15, 0.2) is 0 Å². The molecule has 4 rings (SSSR count). The van der Waals surface area contributed by atoms with Crippen molar-refractivity contribution in [3.05, 3.63) is 78.1 Å². The maximum atomic E-state index is 12.8. The number of para-hydroxylation sites is 2. The molecule has 0 aliphatic rings. The molecule has 2 aromatic carbocycles. The van der Waals surface area contributed by atoms with Gasteiger partial charge in [0.25, 0.3) is 0 Å². The first-order valence-corrected chi connectivity index (χ1v) is 8.84. The highest BCUT2D eigenvalue weighted by Gasteiger charge is 2.15. The van der Waals surface area contributed by atoms with Crippen molar-refractivity contribution in [2.24, 2.45) is 0 Å². The van der Waals surface area contributed by atoms with E-state index < -0.39 is 0 Å². The summed E-state index contributed by atoms with van der Waals surface area (Å²) in [5, 5.41) is 3.00. The first kappa shape index (κ1) is 17.0. The Morgan fingerprint density at radius 3 is 2.56 bits per heavy atom. The number of anilines is 1. The summed E-state index contributed by atoms with van der Waals surface area (Å²) in [6.07, 6.45) is 3.49. The van der Waals surface area contributed by atoms with Crippen LogP contribution in [0.1, 0.15) is 11.1 Å². The third-order valence-electron chi connectivity index (χ3n) is 4.38. The third kappa shape index (κ3) is 3.58. The molecular weight excluding hydrogens is 336 g/mol. The minimum absolute atomic E-state index is 0.0895. The maximum Gasteiger partial charge on any atom is 0.244 e. The van der Waals surface area contributed by atoms with E-state index in [-0.39, 0.29) is 12.5 Å². The van der Waals surface area contributed by atoms with Gasteiger partial charge in [0.1, 0.15) is 12.4 Å². The van der Waals surface area contributed by atoms with Crippen LogP contribution in [0.2, 0.25) is 0 Å². The summed E-state index contributed by atoms with van der Waals surface area (Å²) in [4.78, 5) is 21.7. The second-order valence-corrected chi connectivity index (χ2v) is 6.68. The van der Waals surface area contributed by atoms with E-state index in [1.165, 1.54) is 0 Å². The summed E-state index contributed by atoms with van der Waals surface area (Å²) in [6.45, 7) is 4.22. The number of rotatable bonds is 4. The minimum atomic E-state index is -0.0895. The molecule has 1 amide bonds. The molecule has 0 saturated heterocycles. The van der Waals surface area contributed by atoms with E-state index in [1.54, 1.807) is 12.4 Å². The van der Waals surface area contributed by atoms with Gasteiger partial charge in [0, 0.05) is 23.6 Å². The molecule has 0 radical (unpaired) electrons. The SMILES string of the molecule is Cc1cc(C)cc(NC(=O)Cn2c(-c3cccnc3)nc3ccccc32)c1. The van der Waals surface area contributed by atoms with Crippen LogP contribution in [-0.4, -0.2) is 20.4 Å². The fourth-order valence-corrected chi connectivity index (χ4v) is 3.34. The van der Waals surface area contributed by atoms with Crippen LogP contribution in [0.15, 0.2) is 67.0 Å². The molecule has 0 atom stereocenters. The number of hydrogen-bond donors (Lipinski definition) is 1. The number of nitrogens with one attached hydrogen (secondary N) is 1. The van der Waals surface area contributed by atoms with Gasteiger partial charge >= 0.3 is 0 Å². The number of pyridine rings is 1. The highest BCUT2D eigenvalue weighted by atomic mass is 16.1. The predicted octanol–water partition coefficient (Wildman–Crippen LogP) is 4.35. The van der Waals surface area contributed by atoms with Gasteiger partial charge in [0.05, 0.1) is 11.0 Å². The first-order chi connectivity index (χ1) is 13.1. The van der Waals surface area contributed by atoms with Crippen LogP contribution in [0, 0.1) is 13.8 Å². The van der Waals surface area contributed by atoms with Crippen molar-refractivity contribution in [1.82, 2.24) is 14.5 Å². The summed E-state index contributed by atoms with van der Waals surface area (Å²) in [7, 11) is 0. The topological polar surface area (TPSA) is 59.8 Å². The van der Waals surface area contributed by atoms with Crippen molar-refractivity contribution in [2.45, 2.75) is 20.4 Å². The average Bonchev–Trinajstić information content (AvgIpc) is 3.00. The summed E-state index contributed by atoms with van der Waals surface area (Å²) in [5.41, 5.74) is 5.71. The van der Waals surface area contributed by atoms with Gasteiger partial charge in [0.2, 0.25) is 5.91 Å². The number of hydrogen-bond acceptors (Lipinski definition) is 3. The van der Waals surface area contributed by atoms with E-state index in [0.29, 0.717) is 0 Å². The highest BCUT2D eigenvalue weighted by molar-refractivity contribution is 5.92. The van der Waals surface area contributed by atoms with Crippen molar-refractivity contribution in [3.8, 4) is 11.4 Å². The molecule has 5 heteroatoms. The lowest BCUT2D eigenvalue weighted by molar-refractivity contribution is -0.116. The second-order valence-electron chi connectivity index (χ2n) is 6.68. The predicted molar refractivity (Wildman–Crippen MR) is 108 cm³/mol. The Morgan fingerprint density at radius 1 is 1.04 bits per heavy atom. The normalized spacial score (nSPS) is 10.9. The van der Waals surface area contributed by atoms with Gasteiger partial charge in [-0.15, -0.1) is 0 Å². The molecule has 0 bridgehead atoms. The molecular formula is C22H20N4O. The van der Waals surface area contributed by atoms with Crippen LogP contribution in [0.5, 0.6) is 0 Å². The Labute approximate surface area is 157 Å². The largest absolute Gasteiger partial charge is 0.325 e. The van der Waals surface area contributed by atoms with Gasteiger partial charge in [-0.2, -0.15) is 0 Å². The molecule has 0 aliphatic heterocycles. The van der Waals surface area contributed by atoms with Crippen molar-refractivity contribution in [1.29, 1.82) is 0 Å². The molecule has 0 spiro atoms. The molecule has 0 unspecified atom stereocenters. The van der Waals surface area contributed by atoms with E-state index in [0.717, 1.165) is 39.2 Å². The number of amides is 1. The minimum Gasteiger partial charge on any atom is -0.325 e. The lowest BCUT2D eigenvalue weighted by Gasteiger charge is -2.11. The van der Waals surface area contributed by atoms with Crippen LogP contribution in [0.4, 0.5) is 5.69 Å². The quantitative estimate of drug-likeness (QED) is 0.591. The van der Waals surface area contributed by atoms with Crippen LogP contribution in [0.3, 0.4) is 0 Å². The number of aromatic nitrogens is 3. The monoisotopic (exact) mass is 356 g/mol. The van der Waals surface area contributed by atoms with E-state index in [4.69, 9.17) is 4.98 Å². The molecule has 0 aliphatic carbocycles. The van der Waals surface area contributed by atoms with E-state index in [2.05, 4.69) is 16.4 Å². The van der Waals surface area contributed by atoms with E-state index in [9.17, 15) is 4.79 Å². The fraction of sp³-hybridized carbons (Fsp3) is 0.136.